The molecule has 2 aromatic heterocycles. The van der Waals surface area contributed by atoms with Crippen LogP contribution in [0.25, 0.3) is 10.9 Å². The number of pyridine rings is 2. The van der Waals surface area contributed by atoms with E-state index < -0.39 is 5.91 Å². The summed E-state index contributed by atoms with van der Waals surface area (Å²) in [6.07, 6.45) is 2.13. The summed E-state index contributed by atoms with van der Waals surface area (Å²) in [7, 11) is 1.77. The lowest BCUT2D eigenvalue weighted by atomic mass is 10.1. The Bertz CT molecular complexity index is 1070. The van der Waals surface area contributed by atoms with E-state index in [0.717, 1.165) is 0 Å². The maximum atomic E-state index is 12.8. The number of amides is 2. The highest BCUT2D eigenvalue weighted by Gasteiger charge is 2.21. The summed E-state index contributed by atoms with van der Waals surface area (Å²) in [6, 6.07) is 8.43. The summed E-state index contributed by atoms with van der Waals surface area (Å²) in [5, 5.41) is 17.4. The zero-order valence-corrected chi connectivity index (χ0v) is 17.5. The molecule has 0 saturated carbocycles. The first kappa shape index (κ1) is 21.6. The minimum Gasteiger partial charge on any atom is -0.504 e. The standard InChI is InChI=1S/C20H19Cl2N5O3/c1-27(6-5-23-11-28)19-15-3-2-4-24-16(15)18(29)17(26-19)20(30)25-10-12-7-13(21)9-14(22)8-12/h2-4,7-9,11,29H,5-6,10H2,1H3,(H,23,28)(H,25,30). The normalized spacial score (nSPS) is 10.6. The van der Waals surface area contributed by atoms with E-state index >= 15 is 0 Å². The summed E-state index contributed by atoms with van der Waals surface area (Å²) in [5.74, 6) is -0.424. The number of hydrogen-bond donors (Lipinski definition) is 3. The van der Waals surface area contributed by atoms with Crippen molar-refractivity contribution in [2.75, 3.05) is 25.0 Å². The molecule has 0 aliphatic heterocycles. The number of aromatic hydroxyl groups is 1. The monoisotopic (exact) mass is 447 g/mol. The molecule has 2 heterocycles. The van der Waals surface area contributed by atoms with Crippen LogP contribution in [-0.4, -0.2) is 47.5 Å². The van der Waals surface area contributed by atoms with E-state index in [0.29, 0.717) is 46.3 Å². The van der Waals surface area contributed by atoms with Gasteiger partial charge in [-0.25, -0.2) is 4.98 Å². The zero-order chi connectivity index (χ0) is 21.7. The first-order valence-corrected chi connectivity index (χ1v) is 9.75. The van der Waals surface area contributed by atoms with E-state index in [1.807, 2.05) is 0 Å². The van der Waals surface area contributed by atoms with Crippen LogP contribution in [0.1, 0.15) is 16.1 Å². The number of fused-ring (bicyclic) bond motifs is 1. The Kier molecular flexibility index (Phi) is 6.91. The Morgan fingerprint density at radius 3 is 2.70 bits per heavy atom. The number of rotatable bonds is 8. The molecule has 0 bridgehead atoms. The van der Waals surface area contributed by atoms with Gasteiger partial charge in [-0.1, -0.05) is 23.2 Å². The van der Waals surface area contributed by atoms with Crippen LogP contribution >= 0.6 is 23.2 Å². The predicted octanol–water partition coefficient (Wildman–Crippen LogP) is 2.75. The second-order valence-corrected chi connectivity index (χ2v) is 7.36. The van der Waals surface area contributed by atoms with Crippen molar-refractivity contribution in [1.82, 2.24) is 20.6 Å². The second kappa shape index (κ2) is 9.60. The first-order chi connectivity index (χ1) is 14.4. The lowest BCUT2D eigenvalue weighted by Crippen LogP contribution is -2.30. The molecule has 2 amide bonds. The van der Waals surface area contributed by atoms with Crippen molar-refractivity contribution in [3.63, 3.8) is 0 Å². The number of nitrogens with zero attached hydrogens (tertiary/aromatic N) is 3. The topological polar surface area (TPSA) is 107 Å². The van der Waals surface area contributed by atoms with Gasteiger partial charge in [-0.2, -0.15) is 0 Å². The largest absolute Gasteiger partial charge is 0.504 e. The number of anilines is 1. The molecule has 0 fully saturated rings. The van der Waals surface area contributed by atoms with Crippen LogP contribution in [0, 0.1) is 0 Å². The van der Waals surface area contributed by atoms with Crippen LogP contribution in [-0.2, 0) is 11.3 Å². The molecule has 0 radical (unpaired) electrons. The number of benzene rings is 1. The third kappa shape index (κ3) is 4.90. The van der Waals surface area contributed by atoms with Crippen molar-refractivity contribution in [3.05, 3.63) is 57.8 Å². The van der Waals surface area contributed by atoms with Gasteiger partial charge in [0.15, 0.2) is 11.4 Å². The molecule has 1 aromatic carbocycles. The lowest BCUT2D eigenvalue weighted by Gasteiger charge is -2.21. The number of halogens is 2. The molecule has 0 saturated heterocycles. The summed E-state index contributed by atoms with van der Waals surface area (Å²) in [4.78, 5) is 33.6. The fourth-order valence-electron chi connectivity index (χ4n) is 2.93. The van der Waals surface area contributed by atoms with Gasteiger partial charge in [-0.15, -0.1) is 0 Å². The molecule has 3 rings (SSSR count). The number of nitrogens with one attached hydrogen (secondary N) is 2. The Hall–Kier alpha value is -3.10. The smallest absolute Gasteiger partial charge is 0.274 e. The summed E-state index contributed by atoms with van der Waals surface area (Å²) >= 11 is 12.0. The Labute approximate surface area is 182 Å². The number of aromatic nitrogens is 2. The van der Waals surface area contributed by atoms with Gasteiger partial charge >= 0.3 is 0 Å². The highest BCUT2D eigenvalue weighted by molar-refractivity contribution is 6.34. The van der Waals surface area contributed by atoms with Gasteiger partial charge in [0.05, 0.1) is 0 Å². The van der Waals surface area contributed by atoms with Crippen LogP contribution in [0.15, 0.2) is 36.5 Å². The predicted molar refractivity (Wildman–Crippen MR) is 116 cm³/mol. The molecule has 0 atom stereocenters. The third-order valence-electron chi connectivity index (χ3n) is 4.34. The Morgan fingerprint density at radius 2 is 2.00 bits per heavy atom. The number of carbonyl (C=O) groups is 2. The Morgan fingerprint density at radius 1 is 1.27 bits per heavy atom. The molecular weight excluding hydrogens is 429 g/mol. The lowest BCUT2D eigenvalue weighted by molar-refractivity contribution is -0.109. The van der Waals surface area contributed by atoms with E-state index in [-0.39, 0.29) is 23.5 Å². The fourth-order valence-corrected chi connectivity index (χ4v) is 3.50. The highest BCUT2D eigenvalue weighted by Crippen LogP contribution is 2.32. The molecule has 0 aliphatic rings. The van der Waals surface area contributed by atoms with Gasteiger partial charge in [0.2, 0.25) is 6.41 Å². The number of likely N-dealkylation sites (N-methyl/N-ethyl adjacent to an activating group) is 1. The molecule has 30 heavy (non-hydrogen) atoms. The zero-order valence-electron chi connectivity index (χ0n) is 16.0. The molecule has 8 nitrogen and oxygen atoms in total. The van der Waals surface area contributed by atoms with Crippen molar-refractivity contribution in [2.45, 2.75) is 6.54 Å². The summed E-state index contributed by atoms with van der Waals surface area (Å²) < 4.78 is 0. The van der Waals surface area contributed by atoms with E-state index in [2.05, 4.69) is 20.6 Å². The van der Waals surface area contributed by atoms with Gasteiger partial charge in [-0.3, -0.25) is 14.6 Å². The molecule has 0 unspecified atom stereocenters. The van der Waals surface area contributed by atoms with Crippen LogP contribution in [0.2, 0.25) is 10.0 Å². The van der Waals surface area contributed by atoms with Crippen molar-refractivity contribution in [2.24, 2.45) is 0 Å². The number of carbonyl (C=O) groups excluding carboxylic acids is 2. The average molecular weight is 448 g/mol. The van der Waals surface area contributed by atoms with Gasteiger partial charge in [0.25, 0.3) is 5.91 Å². The second-order valence-electron chi connectivity index (χ2n) is 6.49. The molecule has 0 aliphatic carbocycles. The van der Waals surface area contributed by atoms with Crippen LogP contribution in [0.3, 0.4) is 0 Å². The third-order valence-corrected chi connectivity index (χ3v) is 4.78. The SMILES string of the molecule is CN(CCNC=O)c1nc(C(=O)NCc2cc(Cl)cc(Cl)c2)c(O)c2ncccc12. The molecule has 3 N–H and O–H groups in total. The van der Waals surface area contributed by atoms with Gasteiger partial charge < -0.3 is 20.6 Å². The van der Waals surface area contributed by atoms with E-state index in [4.69, 9.17) is 23.2 Å². The Balaban J connectivity index is 1.91. The van der Waals surface area contributed by atoms with E-state index in [1.54, 1.807) is 42.3 Å². The van der Waals surface area contributed by atoms with E-state index in [1.165, 1.54) is 6.20 Å². The first-order valence-electron chi connectivity index (χ1n) is 8.99. The van der Waals surface area contributed by atoms with Gasteiger partial charge in [0.1, 0.15) is 11.3 Å². The van der Waals surface area contributed by atoms with Crippen molar-refractivity contribution in [1.29, 1.82) is 0 Å². The highest BCUT2D eigenvalue weighted by atomic mass is 35.5. The maximum Gasteiger partial charge on any atom is 0.274 e. The summed E-state index contributed by atoms with van der Waals surface area (Å²) in [6.45, 7) is 0.985. The molecule has 156 valence electrons. The number of hydrogen-bond acceptors (Lipinski definition) is 6. The van der Waals surface area contributed by atoms with Crippen molar-refractivity contribution in [3.8, 4) is 5.75 Å². The quantitative estimate of drug-likeness (QED) is 0.362. The summed E-state index contributed by atoms with van der Waals surface area (Å²) in [5.41, 5.74) is 0.810. The van der Waals surface area contributed by atoms with Gasteiger partial charge in [-0.05, 0) is 35.9 Å². The van der Waals surface area contributed by atoms with Crippen molar-refractivity contribution < 1.29 is 14.7 Å². The minimum atomic E-state index is -0.572. The van der Waals surface area contributed by atoms with Crippen molar-refractivity contribution >= 4 is 52.2 Å². The minimum absolute atomic E-state index is 0.148. The molecular formula is C20H19Cl2N5O3. The maximum absolute atomic E-state index is 12.8. The van der Waals surface area contributed by atoms with Crippen LogP contribution in [0.4, 0.5) is 5.82 Å². The van der Waals surface area contributed by atoms with Crippen LogP contribution in [0.5, 0.6) is 5.75 Å². The molecule has 10 heteroatoms. The van der Waals surface area contributed by atoms with E-state index in [9.17, 15) is 14.7 Å². The van der Waals surface area contributed by atoms with Crippen LogP contribution < -0.4 is 15.5 Å². The van der Waals surface area contributed by atoms with Gasteiger partial charge in [0, 0.05) is 48.3 Å². The fraction of sp³-hybridized carbons (Fsp3) is 0.200. The molecule has 3 aromatic rings. The average Bonchev–Trinajstić information content (AvgIpc) is 2.72. The molecule has 0 spiro atoms.